The van der Waals surface area contributed by atoms with Crippen LogP contribution in [0.15, 0.2) is 0 Å². The third-order valence-corrected chi connectivity index (χ3v) is 1.94. The van der Waals surface area contributed by atoms with E-state index in [2.05, 4.69) is 0 Å². The van der Waals surface area contributed by atoms with Crippen LogP contribution < -0.4 is 5.73 Å². The number of carbonyl (C=O) groups excluding carboxylic acids is 2. The van der Waals surface area contributed by atoms with E-state index in [1.54, 1.807) is 6.92 Å². The Kier molecular flexibility index (Phi) is 13.9. The fourth-order valence-corrected chi connectivity index (χ4v) is 1.13. The van der Waals surface area contributed by atoms with Crippen molar-refractivity contribution in [3.8, 4) is 0 Å². The lowest BCUT2D eigenvalue weighted by atomic mass is 10.2. The fraction of sp³-hybridized carbons (Fsp3) is 0.818. The molecule has 0 amide bonds. The molecule has 0 heterocycles. The minimum atomic E-state index is -0.883. The average Bonchev–Trinajstić information content (AvgIpc) is 2.33. The van der Waals surface area contributed by atoms with Gasteiger partial charge in [-0.15, -0.1) is 12.4 Å². The molecule has 0 aromatic carbocycles. The van der Waals surface area contributed by atoms with E-state index >= 15 is 0 Å². The van der Waals surface area contributed by atoms with Gasteiger partial charge >= 0.3 is 5.97 Å². The van der Waals surface area contributed by atoms with Crippen LogP contribution in [0.1, 0.15) is 20.3 Å². The summed E-state index contributed by atoms with van der Waals surface area (Å²) in [6, 6.07) is 0. The maximum absolute atomic E-state index is 11.5. The Hall–Kier alpha value is -0.690. The van der Waals surface area contributed by atoms with Gasteiger partial charge in [0.15, 0.2) is 6.10 Å². The summed E-state index contributed by atoms with van der Waals surface area (Å²) in [5.74, 6) is -0.773. The molecule has 0 aliphatic rings. The number of hydrogen-bond donors (Lipinski definition) is 1. The molecule has 108 valence electrons. The van der Waals surface area contributed by atoms with Gasteiger partial charge in [0.2, 0.25) is 0 Å². The first kappa shape index (κ1) is 19.6. The average molecular weight is 284 g/mol. The maximum atomic E-state index is 11.5. The highest BCUT2D eigenvalue weighted by molar-refractivity contribution is 5.86. The van der Waals surface area contributed by atoms with Crippen molar-refractivity contribution in [1.82, 2.24) is 0 Å². The van der Waals surface area contributed by atoms with Gasteiger partial charge in [0.05, 0.1) is 26.4 Å². The van der Waals surface area contributed by atoms with Crippen molar-refractivity contribution >= 4 is 24.2 Å². The van der Waals surface area contributed by atoms with Gasteiger partial charge in [-0.2, -0.15) is 0 Å². The van der Waals surface area contributed by atoms with E-state index < -0.39 is 12.1 Å². The number of hydrogen-bond acceptors (Lipinski definition) is 6. The molecule has 6 nitrogen and oxygen atoms in total. The smallest absolute Gasteiger partial charge is 0.335 e. The van der Waals surface area contributed by atoms with Crippen LogP contribution in [0.5, 0.6) is 0 Å². The highest BCUT2D eigenvalue weighted by atomic mass is 35.5. The number of rotatable bonds is 10. The number of ketones is 1. The van der Waals surface area contributed by atoms with Gasteiger partial charge in [-0.3, -0.25) is 4.79 Å². The van der Waals surface area contributed by atoms with Crippen molar-refractivity contribution in [2.75, 3.05) is 33.0 Å². The summed E-state index contributed by atoms with van der Waals surface area (Å²) < 4.78 is 15.1. The molecular formula is C11H22ClNO5. The van der Waals surface area contributed by atoms with E-state index in [0.717, 1.165) is 0 Å². The first-order valence-electron chi connectivity index (χ1n) is 5.73. The summed E-state index contributed by atoms with van der Waals surface area (Å²) >= 11 is 0. The molecule has 0 radical (unpaired) electrons. The van der Waals surface area contributed by atoms with Crippen LogP contribution in [0.4, 0.5) is 0 Å². The van der Waals surface area contributed by atoms with Crippen molar-refractivity contribution in [3.05, 3.63) is 0 Å². The van der Waals surface area contributed by atoms with Crippen molar-refractivity contribution in [2.24, 2.45) is 5.73 Å². The molecule has 0 saturated heterocycles. The van der Waals surface area contributed by atoms with E-state index in [-0.39, 0.29) is 44.4 Å². The molecule has 18 heavy (non-hydrogen) atoms. The molecule has 0 spiro atoms. The van der Waals surface area contributed by atoms with Crippen molar-refractivity contribution in [3.63, 3.8) is 0 Å². The fourth-order valence-electron chi connectivity index (χ4n) is 1.13. The van der Waals surface area contributed by atoms with E-state index in [1.807, 2.05) is 6.92 Å². The van der Waals surface area contributed by atoms with Crippen LogP contribution in [-0.2, 0) is 23.8 Å². The Balaban J connectivity index is 0. The van der Waals surface area contributed by atoms with Crippen molar-refractivity contribution in [2.45, 2.75) is 26.4 Å². The lowest BCUT2D eigenvalue weighted by Gasteiger charge is -2.15. The van der Waals surface area contributed by atoms with Crippen LogP contribution in [0, 0.1) is 0 Å². The summed E-state index contributed by atoms with van der Waals surface area (Å²) in [5.41, 5.74) is 5.19. The summed E-state index contributed by atoms with van der Waals surface area (Å²) in [5, 5.41) is 0. The number of esters is 1. The monoisotopic (exact) mass is 283 g/mol. The second-order valence-corrected chi connectivity index (χ2v) is 3.26. The van der Waals surface area contributed by atoms with E-state index in [1.165, 1.54) is 0 Å². The van der Waals surface area contributed by atoms with Gasteiger partial charge < -0.3 is 19.9 Å². The van der Waals surface area contributed by atoms with Crippen LogP contribution >= 0.6 is 12.4 Å². The summed E-state index contributed by atoms with van der Waals surface area (Å²) in [6.07, 6.45) is -0.937. The Morgan fingerprint density at radius 3 is 2.33 bits per heavy atom. The molecule has 0 aliphatic heterocycles. The molecule has 7 heteroatoms. The van der Waals surface area contributed by atoms with Gasteiger partial charge in [0.25, 0.3) is 0 Å². The maximum Gasteiger partial charge on any atom is 0.335 e. The SMILES string of the molecule is CCOCCOC(CC(=O)CN)C(=O)OCC.Cl. The van der Waals surface area contributed by atoms with E-state index in [9.17, 15) is 9.59 Å². The molecule has 1 atom stereocenters. The highest BCUT2D eigenvalue weighted by Crippen LogP contribution is 2.03. The van der Waals surface area contributed by atoms with E-state index in [4.69, 9.17) is 19.9 Å². The predicted molar refractivity (Wildman–Crippen MR) is 68.8 cm³/mol. The molecule has 2 N–H and O–H groups in total. The number of Topliss-reactive ketones (excluding diaryl/α,β-unsaturated/α-hetero) is 1. The molecule has 0 fully saturated rings. The molecule has 0 aromatic rings. The second-order valence-electron chi connectivity index (χ2n) is 3.26. The van der Waals surface area contributed by atoms with Crippen LogP contribution in [0.3, 0.4) is 0 Å². The highest BCUT2D eigenvalue weighted by Gasteiger charge is 2.23. The first-order valence-corrected chi connectivity index (χ1v) is 5.73. The zero-order valence-corrected chi connectivity index (χ0v) is 11.7. The van der Waals surface area contributed by atoms with Crippen LogP contribution in [0.25, 0.3) is 0 Å². The van der Waals surface area contributed by atoms with Gasteiger partial charge in [-0.1, -0.05) is 0 Å². The van der Waals surface area contributed by atoms with Gasteiger partial charge in [0, 0.05) is 13.0 Å². The molecule has 0 aromatic heterocycles. The predicted octanol–water partition coefficient (Wildman–Crippen LogP) is 0.311. The number of ether oxygens (including phenoxy) is 3. The lowest BCUT2D eigenvalue weighted by molar-refractivity contribution is -0.159. The Morgan fingerprint density at radius 2 is 1.83 bits per heavy atom. The van der Waals surface area contributed by atoms with E-state index in [0.29, 0.717) is 13.2 Å². The minimum Gasteiger partial charge on any atom is -0.464 e. The van der Waals surface area contributed by atoms with Crippen molar-refractivity contribution in [1.29, 1.82) is 0 Å². The summed E-state index contributed by atoms with van der Waals surface area (Å²) in [7, 11) is 0. The standard InChI is InChI=1S/C11H21NO5.ClH/c1-3-15-5-6-17-10(7-9(13)8-12)11(14)16-4-2;/h10H,3-8,12H2,1-2H3;1H. The number of nitrogens with two attached hydrogens (primary N) is 1. The Labute approximate surface area is 114 Å². The number of halogens is 1. The third-order valence-electron chi connectivity index (χ3n) is 1.94. The van der Waals surface area contributed by atoms with Gasteiger partial charge in [-0.05, 0) is 13.8 Å². The van der Waals surface area contributed by atoms with Crippen molar-refractivity contribution < 1.29 is 23.8 Å². The lowest BCUT2D eigenvalue weighted by Crippen LogP contribution is -2.32. The summed E-state index contributed by atoms with van der Waals surface area (Å²) in [6.45, 7) is 4.90. The van der Waals surface area contributed by atoms with Gasteiger partial charge in [0.1, 0.15) is 5.78 Å². The van der Waals surface area contributed by atoms with Crippen LogP contribution in [0.2, 0.25) is 0 Å². The zero-order valence-electron chi connectivity index (χ0n) is 10.8. The molecule has 0 rings (SSSR count). The summed E-state index contributed by atoms with van der Waals surface area (Å²) in [4.78, 5) is 22.7. The quantitative estimate of drug-likeness (QED) is 0.459. The molecular weight excluding hydrogens is 262 g/mol. The largest absolute Gasteiger partial charge is 0.464 e. The zero-order chi connectivity index (χ0) is 13.1. The Morgan fingerprint density at radius 1 is 1.17 bits per heavy atom. The topological polar surface area (TPSA) is 87.9 Å². The molecule has 0 bridgehead atoms. The minimum absolute atomic E-state index is 0. The third kappa shape index (κ3) is 9.35. The van der Waals surface area contributed by atoms with Gasteiger partial charge in [-0.25, -0.2) is 4.79 Å². The second kappa shape index (κ2) is 12.8. The normalized spacial score (nSPS) is 11.5. The molecule has 0 saturated carbocycles. The molecule has 0 aliphatic carbocycles. The number of carbonyl (C=O) groups is 2. The van der Waals surface area contributed by atoms with Crippen LogP contribution in [-0.4, -0.2) is 50.8 Å². The Bertz CT molecular complexity index is 237. The first-order chi connectivity index (χ1) is 8.15. The molecule has 1 unspecified atom stereocenters.